The summed E-state index contributed by atoms with van der Waals surface area (Å²) in [4.78, 5) is 11.6. The number of hydrogen-bond donors (Lipinski definition) is 2. The van der Waals surface area contributed by atoms with Crippen molar-refractivity contribution in [3.8, 4) is 0 Å². The number of thioether (sulfide) groups is 1. The summed E-state index contributed by atoms with van der Waals surface area (Å²) in [5.74, 6) is 1.37. The Morgan fingerprint density at radius 1 is 1.47 bits per heavy atom. The van der Waals surface area contributed by atoms with E-state index in [1.165, 1.54) is 12.8 Å². The Morgan fingerprint density at radius 3 is 2.71 bits per heavy atom. The molecule has 2 N–H and O–H groups in total. The summed E-state index contributed by atoms with van der Waals surface area (Å²) in [6, 6.07) is 0. The van der Waals surface area contributed by atoms with Crippen LogP contribution in [0.25, 0.3) is 0 Å². The summed E-state index contributed by atoms with van der Waals surface area (Å²) < 4.78 is 0.170. The van der Waals surface area contributed by atoms with Crippen LogP contribution in [0.1, 0.15) is 33.6 Å². The van der Waals surface area contributed by atoms with Gasteiger partial charge in [0.1, 0.15) is 0 Å². The van der Waals surface area contributed by atoms with Crippen molar-refractivity contribution >= 4 is 30.1 Å². The zero-order valence-electron chi connectivity index (χ0n) is 11.0. The summed E-state index contributed by atoms with van der Waals surface area (Å²) >= 11 is 1.70. The first-order valence-electron chi connectivity index (χ1n) is 6.09. The van der Waals surface area contributed by atoms with Gasteiger partial charge in [0.2, 0.25) is 5.91 Å². The maximum absolute atomic E-state index is 11.6. The molecule has 1 fully saturated rings. The van der Waals surface area contributed by atoms with E-state index in [4.69, 9.17) is 0 Å². The Morgan fingerprint density at radius 2 is 2.18 bits per heavy atom. The molecule has 0 spiro atoms. The van der Waals surface area contributed by atoms with Gasteiger partial charge in [0.25, 0.3) is 0 Å². The first-order valence-corrected chi connectivity index (χ1v) is 7.07. The number of rotatable bonds is 4. The highest BCUT2D eigenvalue weighted by Gasteiger charge is 2.16. The minimum Gasteiger partial charge on any atom is -0.355 e. The van der Waals surface area contributed by atoms with Gasteiger partial charge in [0.05, 0.1) is 5.75 Å². The zero-order valence-corrected chi connectivity index (χ0v) is 12.7. The first-order chi connectivity index (χ1) is 7.47. The minimum absolute atomic E-state index is 0. The zero-order chi connectivity index (χ0) is 12.0. The fourth-order valence-corrected chi connectivity index (χ4v) is 2.36. The molecule has 0 aromatic rings. The Labute approximate surface area is 115 Å². The SMILES string of the molecule is CC(C)(C)SCC(=O)NCC1CCCNC1.Cl. The smallest absolute Gasteiger partial charge is 0.230 e. The highest BCUT2D eigenvalue weighted by Crippen LogP contribution is 2.22. The van der Waals surface area contributed by atoms with Crippen molar-refractivity contribution in [3.63, 3.8) is 0 Å². The largest absolute Gasteiger partial charge is 0.355 e. The van der Waals surface area contributed by atoms with Crippen molar-refractivity contribution in [3.05, 3.63) is 0 Å². The van der Waals surface area contributed by atoms with Crippen LogP contribution in [0, 0.1) is 5.92 Å². The van der Waals surface area contributed by atoms with Crippen molar-refractivity contribution in [1.82, 2.24) is 10.6 Å². The van der Waals surface area contributed by atoms with Gasteiger partial charge < -0.3 is 10.6 Å². The predicted octanol–water partition coefficient (Wildman–Crippen LogP) is 2.06. The van der Waals surface area contributed by atoms with Gasteiger partial charge in [-0.05, 0) is 31.8 Å². The number of nitrogens with one attached hydrogen (secondary N) is 2. The average Bonchev–Trinajstić information content (AvgIpc) is 2.24. The van der Waals surface area contributed by atoms with Crippen LogP contribution in [-0.2, 0) is 4.79 Å². The molecule has 1 aliphatic heterocycles. The molecule has 1 heterocycles. The molecule has 0 aromatic carbocycles. The minimum atomic E-state index is 0. The van der Waals surface area contributed by atoms with E-state index in [9.17, 15) is 4.79 Å². The number of carbonyl (C=O) groups is 1. The summed E-state index contributed by atoms with van der Waals surface area (Å²) in [5, 5.41) is 6.38. The predicted molar refractivity (Wildman–Crippen MR) is 78.1 cm³/mol. The number of carbonyl (C=O) groups excluding carboxylic acids is 1. The summed E-state index contributed by atoms with van der Waals surface area (Å²) in [6.45, 7) is 9.41. The lowest BCUT2D eigenvalue weighted by atomic mass is 10.00. The molecule has 0 saturated carbocycles. The van der Waals surface area contributed by atoms with Crippen LogP contribution < -0.4 is 10.6 Å². The lowest BCUT2D eigenvalue weighted by molar-refractivity contribution is -0.118. The molecule has 0 radical (unpaired) electrons. The van der Waals surface area contributed by atoms with E-state index in [2.05, 4.69) is 31.4 Å². The van der Waals surface area contributed by atoms with Gasteiger partial charge >= 0.3 is 0 Å². The first kappa shape index (κ1) is 17.1. The van der Waals surface area contributed by atoms with Crippen LogP contribution in [0.3, 0.4) is 0 Å². The van der Waals surface area contributed by atoms with E-state index in [1.54, 1.807) is 11.8 Å². The summed E-state index contributed by atoms with van der Waals surface area (Å²) in [5.41, 5.74) is 0. The third-order valence-electron chi connectivity index (χ3n) is 2.62. The Hall–Kier alpha value is 0.0700. The van der Waals surface area contributed by atoms with Gasteiger partial charge in [-0.15, -0.1) is 24.2 Å². The van der Waals surface area contributed by atoms with E-state index in [0.717, 1.165) is 19.6 Å². The quantitative estimate of drug-likeness (QED) is 0.828. The Balaban J connectivity index is 0.00000256. The lowest BCUT2D eigenvalue weighted by Crippen LogP contribution is -2.38. The second-order valence-electron chi connectivity index (χ2n) is 5.42. The van der Waals surface area contributed by atoms with Gasteiger partial charge in [0, 0.05) is 11.3 Å². The molecule has 0 aromatic heterocycles. The maximum atomic E-state index is 11.6. The van der Waals surface area contributed by atoms with Crippen LogP contribution in [0.4, 0.5) is 0 Å². The molecule has 1 unspecified atom stereocenters. The highest BCUT2D eigenvalue weighted by atomic mass is 35.5. The topological polar surface area (TPSA) is 41.1 Å². The Bertz CT molecular complexity index is 225. The van der Waals surface area contributed by atoms with Gasteiger partial charge in [-0.1, -0.05) is 20.8 Å². The van der Waals surface area contributed by atoms with Crippen LogP contribution in [-0.4, -0.2) is 36.0 Å². The van der Waals surface area contributed by atoms with Crippen molar-refractivity contribution < 1.29 is 4.79 Å². The van der Waals surface area contributed by atoms with E-state index < -0.39 is 0 Å². The number of piperidine rings is 1. The summed E-state index contributed by atoms with van der Waals surface area (Å²) in [7, 11) is 0. The molecule has 1 amide bonds. The second-order valence-corrected chi connectivity index (χ2v) is 7.22. The van der Waals surface area contributed by atoms with Crippen LogP contribution in [0.2, 0.25) is 0 Å². The second kappa shape index (κ2) is 8.22. The third kappa shape index (κ3) is 8.75. The van der Waals surface area contributed by atoms with Crippen molar-refractivity contribution in [2.75, 3.05) is 25.4 Å². The third-order valence-corrected chi connectivity index (χ3v) is 3.90. The number of halogens is 1. The highest BCUT2D eigenvalue weighted by molar-refractivity contribution is 8.01. The molecular formula is C12H25ClN2OS. The van der Waals surface area contributed by atoms with Crippen LogP contribution in [0.15, 0.2) is 0 Å². The maximum Gasteiger partial charge on any atom is 0.230 e. The van der Waals surface area contributed by atoms with Gasteiger partial charge in [-0.2, -0.15) is 0 Å². The number of amides is 1. The molecule has 5 heteroatoms. The number of hydrogen-bond acceptors (Lipinski definition) is 3. The molecule has 102 valence electrons. The van der Waals surface area contributed by atoms with E-state index in [0.29, 0.717) is 11.7 Å². The van der Waals surface area contributed by atoms with E-state index in [1.807, 2.05) is 0 Å². The molecule has 0 aliphatic carbocycles. The molecule has 1 aliphatic rings. The molecule has 1 rings (SSSR count). The van der Waals surface area contributed by atoms with Gasteiger partial charge in [0.15, 0.2) is 0 Å². The lowest BCUT2D eigenvalue weighted by Gasteiger charge is -2.23. The fraction of sp³-hybridized carbons (Fsp3) is 0.917. The van der Waals surface area contributed by atoms with E-state index in [-0.39, 0.29) is 23.1 Å². The van der Waals surface area contributed by atoms with Gasteiger partial charge in [-0.3, -0.25) is 4.79 Å². The monoisotopic (exact) mass is 280 g/mol. The molecule has 17 heavy (non-hydrogen) atoms. The molecular weight excluding hydrogens is 256 g/mol. The summed E-state index contributed by atoms with van der Waals surface area (Å²) in [6.07, 6.45) is 2.47. The van der Waals surface area contributed by atoms with Crippen molar-refractivity contribution in [1.29, 1.82) is 0 Å². The fourth-order valence-electron chi connectivity index (χ4n) is 1.69. The van der Waals surface area contributed by atoms with Crippen molar-refractivity contribution in [2.24, 2.45) is 5.92 Å². The van der Waals surface area contributed by atoms with Gasteiger partial charge in [-0.25, -0.2) is 0 Å². The van der Waals surface area contributed by atoms with Crippen LogP contribution in [0.5, 0.6) is 0 Å². The van der Waals surface area contributed by atoms with Crippen molar-refractivity contribution in [2.45, 2.75) is 38.4 Å². The molecule has 0 bridgehead atoms. The average molecular weight is 281 g/mol. The molecule has 3 nitrogen and oxygen atoms in total. The van der Waals surface area contributed by atoms with E-state index >= 15 is 0 Å². The van der Waals surface area contributed by atoms with Crippen LogP contribution >= 0.6 is 24.2 Å². The molecule has 1 saturated heterocycles. The molecule has 1 atom stereocenters. The normalized spacial score (nSPS) is 20.5. The Kier molecular flexibility index (Phi) is 8.25. The standard InChI is InChI=1S/C12H24N2OS.ClH/c1-12(2,3)16-9-11(15)14-8-10-5-4-6-13-7-10;/h10,13H,4-9H2,1-3H3,(H,14,15);1H.